The van der Waals surface area contributed by atoms with Crippen LogP contribution in [0.2, 0.25) is 0 Å². The van der Waals surface area contributed by atoms with Crippen molar-refractivity contribution in [3.63, 3.8) is 0 Å². The Kier molecular flexibility index (Phi) is 2.69. The van der Waals surface area contributed by atoms with E-state index in [1.54, 1.807) is 31.4 Å². The molecule has 0 fully saturated rings. The minimum Gasteiger partial charge on any atom is -0.497 e. The number of primary amides is 1. The van der Waals surface area contributed by atoms with Gasteiger partial charge in [-0.3, -0.25) is 4.79 Å². The molecule has 2 N–H and O–H groups in total. The molecule has 0 aliphatic carbocycles. The molecule has 0 heterocycles. The molecule has 12 heavy (non-hydrogen) atoms. The number of rotatable bonds is 3. The van der Waals surface area contributed by atoms with E-state index in [9.17, 15) is 4.79 Å². The van der Waals surface area contributed by atoms with Gasteiger partial charge in [-0.05, 0) is 17.7 Å². The van der Waals surface area contributed by atoms with Crippen LogP contribution in [-0.4, -0.2) is 13.0 Å². The maximum Gasteiger partial charge on any atom is 0.226 e. The highest BCUT2D eigenvalue weighted by Gasteiger charge is 1.98. The molecule has 1 radical (unpaired) electrons. The first-order valence-electron chi connectivity index (χ1n) is 3.50. The maximum absolute atomic E-state index is 10.5. The van der Waals surface area contributed by atoms with Crippen molar-refractivity contribution in [3.8, 4) is 5.75 Å². The molecule has 1 aromatic carbocycles. The minimum atomic E-state index is -0.444. The number of methoxy groups -OCH3 is 1. The third-order valence-electron chi connectivity index (χ3n) is 1.42. The Morgan fingerprint density at radius 2 is 2.00 bits per heavy atom. The average Bonchev–Trinajstić information content (AvgIpc) is 2.05. The van der Waals surface area contributed by atoms with Crippen LogP contribution in [0.1, 0.15) is 5.56 Å². The number of nitrogens with two attached hydrogens (primary N) is 1. The second kappa shape index (κ2) is 3.76. The van der Waals surface area contributed by atoms with Gasteiger partial charge in [0.15, 0.2) is 0 Å². The molecule has 1 rings (SSSR count). The molecule has 0 atom stereocenters. The molecule has 0 bridgehead atoms. The molecule has 1 aromatic rings. The summed E-state index contributed by atoms with van der Waals surface area (Å²) in [4.78, 5) is 10.5. The lowest BCUT2D eigenvalue weighted by molar-refractivity contribution is -0.114. The molecule has 3 heteroatoms. The zero-order valence-corrected chi connectivity index (χ0v) is 6.78. The average molecular weight is 164 g/mol. The Balaban J connectivity index is 2.71. The van der Waals surface area contributed by atoms with E-state index in [4.69, 9.17) is 10.5 Å². The van der Waals surface area contributed by atoms with Crippen molar-refractivity contribution >= 4 is 5.91 Å². The fourth-order valence-corrected chi connectivity index (χ4v) is 0.864. The first-order chi connectivity index (χ1) is 5.72. The fourth-order valence-electron chi connectivity index (χ4n) is 0.864. The van der Waals surface area contributed by atoms with Gasteiger partial charge in [-0.15, -0.1) is 0 Å². The molecular weight excluding hydrogens is 154 g/mol. The van der Waals surface area contributed by atoms with Crippen LogP contribution < -0.4 is 10.5 Å². The van der Waals surface area contributed by atoms with Crippen LogP contribution >= 0.6 is 0 Å². The van der Waals surface area contributed by atoms with E-state index in [0.29, 0.717) is 0 Å². The third kappa shape index (κ3) is 2.27. The maximum atomic E-state index is 10.5. The summed E-state index contributed by atoms with van der Waals surface area (Å²) in [6.45, 7) is 0. The molecule has 1 amide bonds. The predicted octanol–water partition coefficient (Wildman–Crippen LogP) is 0.733. The lowest BCUT2D eigenvalue weighted by Gasteiger charge is -2.00. The van der Waals surface area contributed by atoms with Gasteiger partial charge in [0.1, 0.15) is 5.75 Å². The van der Waals surface area contributed by atoms with Crippen LogP contribution in [0, 0.1) is 6.42 Å². The standard InChI is InChI=1S/C9H10NO2/c1-12-8-4-2-7(3-5-8)6-9(10)11/h2-6H,1H3,(H2,10,11). The van der Waals surface area contributed by atoms with E-state index in [-0.39, 0.29) is 0 Å². The van der Waals surface area contributed by atoms with Crippen molar-refractivity contribution in [3.05, 3.63) is 36.2 Å². The zero-order valence-electron chi connectivity index (χ0n) is 6.78. The summed E-state index contributed by atoms with van der Waals surface area (Å²) < 4.78 is 4.94. The molecule has 0 saturated heterocycles. The highest BCUT2D eigenvalue weighted by atomic mass is 16.5. The Bertz CT molecular complexity index is 266. The Morgan fingerprint density at radius 3 is 2.42 bits per heavy atom. The summed E-state index contributed by atoms with van der Waals surface area (Å²) in [5.41, 5.74) is 5.75. The van der Waals surface area contributed by atoms with E-state index in [2.05, 4.69) is 0 Å². The predicted molar refractivity (Wildman–Crippen MR) is 45.6 cm³/mol. The van der Waals surface area contributed by atoms with Crippen molar-refractivity contribution in [2.24, 2.45) is 5.73 Å². The van der Waals surface area contributed by atoms with Crippen LogP contribution in [0.25, 0.3) is 0 Å². The molecular formula is C9H10NO2. The van der Waals surface area contributed by atoms with E-state index in [0.717, 1.165) is 11.3 Å². The molecule has 0 spiro atoms. The second-order valence-electron chi connectivity index (χ2n) is 2.32. The SMILES string of the molecule is COc1ccc([CH]C(N)=O)cc1. The number of amides is 1. The van der Waals surface area contributed by atoms with Gasteiger partial charge >= 0.3 is 0 Å². The summed E-state index contributed by atoms with van der Waals surface area (Å²) in [7, 11) is 1.59. The molecule has 63 valence electrons. The van der Waals surface area contributed by atoms with E-state index in [1.807, 2.05) is 0 Å². The first-order valence-corrected chi connectivity index (χ1v) is 3.50. The second-order valence-corrected chi connectivity index (χ2v) is 2.32. The summed E-state index contributed by atoms with van der Waals surface area (Å²) in [6.07, 6.45) is 1.36. The topological polar surface area (TPSA) is 52.3 Å². The quantitative estimate of drug-likeness (QED) is 0.716. The third-order valence-corrected chi connectivity index (χ3v) is 1.42. The van der Waals surface area contributed by atoms with Crippen LogP contribution in [0.15, 0.2) is 24.3 Å². The van der Waals surface area contributed by atoms with Gasteiger partial charge in [0.25, 0.3) is 0 Å². The van der Waals surface area contributed by atoms with Crippen molar-refractivity contribution in [1.29, 1.82) is 0 Å². The Hall–Kier alpha value is -1.51. The van der Waals surface area contributed by atoms with Gasteiger partial charge in [0.05, 0.1) is 13.5 Å². The van der Waals surface area contributed by atoms with Gasteiger partial charge in [0.2, 0.25) is 5.91 Å². The number of benzene rings is 1. The first kappa shape index (κ1) is 8.59. The largest absolute Gasteiger partial charge is 0.497 e. The number of hydrogen-bond donors (Lipinski definition) is 1. The van der Waals surface area contributed by atoms with Gasteiger partial charge < -0.3 is 10.5 Å². The van der Waals surface area contributed by atoms with Crippen LogP contribution in [0.4, 0.5) is 0 Å². The molecule has 0 saturated carbocycles. The molecule has 0 aromatic heterocycles. The lowest BCUT2D eigenvalue weighted by atomic mass is 10.1. The highest BCUT2D eigenvalue weighted by Crippen LogP contribution is 2.11. The Morgan fingerprint density at radius 1 is 1.42 bits per heavy atom. The van der Waals surface area contributed by atoms with Crippen LogP contribution in [0.5, 0.6) is 5.75 Å². The van der Waals surface area contributed by atoms with Crippen molar-refractivity contribution in [2.75, 3.05) is 7.11 Å². The normalized spacial score (nSPS) is 9.42. The van der Waals surface area contributed by atoms with Crippen LogP contribution in [0.3, 0.4) is 0 Å². The van der Waals surface area contributed by atoms with Crippen molar-refractivity contribution in [2.45, 2.75) is 0 Å². The van der Waals surface area contributed by atoms with Crippen LogP contribution in [-0.2, 0) is 4.79 Å². The molecule has 3 nitrogen and oxygen atoms in total. The van der Waals surface area contributed by atoms with Gasteiger partial charge in [0, 0.05) is 0 Å². The summed E-state index contributed by atoms with van der Waals surface area (Å²) in [5, 5.41) is 0. The molecule has 0 aliphatic rings. The minimum absolute atomic E-state index is 0.444. The van der Waals surface area contributed by atoms with Gasteiger partial charge in [-0.25, -0.2) is 0 Å². The number of hydrogen-bond acceptors (Lipinski definition) is 2. The van der Waals surface area contributed by atoms with Gasteiger partial charge in [-0.1, -0.05) is 12.1 Å². The van der Waals surface area contributed by atoms with Crippen molar-refractivity contribution in [1.82, 2.24) is 0 Å². The van der Waals surface area contributed by atoms with E-state index >= 15 is 0 Å². The fraction of sp³-hybridized carbons (Fsp3) is 0.111. The summed E-state index contributed by atoms with van der Waals surface area (Å²) >= 11 is 0. The number of carbonyl (C=O) groups excluding carboxylic acids is 1. The monoisotopic (exact) mass is 164 g/mol. The van der Waals surface area contributed by atoms with E-state index < -0.39 is 5.91 Å². The van der Waals surface area contributed by atoms with E-state index in [1.165, 1.54) is 6.42 Å². The van der Waals surface area contributed by atoms with Crippen molar-refractivity contribution < 1.29 is 9.53 Å². The number of carbonyl (C=O) groups is 1. The molecule has 0 unspecified atom stereocenters. The summed E-state index contributed by atoms with van der Waals surface area (Å²) in [5.74, 6) is 0.316. The van der Waals surface area contributed by atoms with Gasteiger partial charge in [-0.2, -0.15) is 0 Å². The zero-order chi connectivity index (χ0) is 8.97. The number of ether oxygens (including phenoxy) is 1. The highest BCUT2D eigenvalue weighted by molar-refractivity contribution is 5.86. The Labute approximate surface area is 71.1 Å². The molecule has 0 aliphatic heterocycles. The summed E-state index contributed by atoms with van der Waals surface area (Å²) in [6, 6.07) is 7.08. The smallest absolute Gasteiger partial charge is 0.226 e. The lowest BCUT2D eigenvalue weighted by Crippen LogP contribution is -2.11.